The molecule has 0 radical (unpaired) electrons. The highest BCUT2D eigenvalue weighted by molar-refractivity contribution is 5.34. The monoisotopic (exact) mass is 221 g/mol. The Balaban J connectivity index is 2.83. The third kappa shape index (κ3) is 3.59. The smallest absolute Gasteiger partial charge is 0.0590 e. The molecule has 1 aromatic rings. The van der Waals surface area contributed by atoms with Gasteiger partial charge in [0.05, 0.1) is 6.67 Å². The SMILES string of the molecule is Cc1ccc(C(C)(C)C)cc1CNCNN. The third-order valence-corrected chi connectivity index (χ3v) is 2.76. The summed E-state index contributed by atoms with van der Waals surface area (Å²) in [5, 5.41) is 3.23. The fraction of sp³-hybridized carbons (Fsp3) is 0.538. The van der Waals surface area contributed by atoms with Crippen LogP contribution in [0.1, 0.15) is 37.5 Å². The maximum absolute atomic E-state index is 5.22. The standard InChI is InChI=1S/C13H23N3/c1-10-5-6-12(13(2,3)4)7-11(10)8-15-9-16-14/h5-7,15-16H,8-9,14H2,1-4H3. The molecule has 0 bridgehead atoms. The summed E-state index contributed by atoms with van der Waals surface area (Å²) < 4.78 is 0. The molecule has 16 heavy (non-hydrogen) atoms. The van der Waals surface area contributed by atoms with Gasteiger partial charge in [-0.3, -0.25) is 11.2 Å². The van der Waals surface area contributed by atoms with Crippen LogP contribution >= 0.6 is 0 Å². The molecule has 0 aliphatic heterocycles. The van der Waals surface area contributed by atoms with E-state index in [1.807, 2.05) is 0 Å². The minimum absolute atomic E-state index is 0.203. The number of hydrogen-bond acceptors (Lipinski definition) is 3. The van der Waals surface area contributed by atoms with E-state index in [-0.39, 0.29) is 5.41 Å². The van der Waals surface area contributed by atoms with Crippen molar-refractivity contribution in [2.75, 3.05) is 6.67 Å². The largest absolute Gasteiger partial charge is 0.299 e. The molecular formula is C13H23N3. The molecule has 1 rings (SSSR count). The van der Waals surface area contributed by atoms with Gasteiger partial charge in [-0.05, 0) is 29.0 Å². The summed E-state index contributed by atoms with van der Waals surface area (Å²) in [5.74, 6) is 5.22. The van der Waals surface area contributed by atoms with E-state index in [0.717, 1.165) is 6.54 Å². The fourth-order valence-corrected chi connectivity index (χ4v) is 1.60. The summed E-state index contributed by atoms with van der Waals surface area (Å²) in [7, 11) is 0. The van der Waals surface area contributed by atoms with E-state index in [4.69, 9.17) is 5.84 Å². The van der Waals surface area contributed by atoms with E-state index < -0.39 is 0 Å². The Bertz CT molecular complexity index is 340. The molecule has 0 spiro atoms. The van der Waals surface area contributed by atoms with E-state index in [1.165, 1.54) is 16.7 Å². The van der Waals surface area contributed by atoms with Crippen LogP contribution in [-0.2, 0) is 12.0 Å². The molecule has 0 aliphatic rings. The van der Waals surface area contributed by atoms with Crippen LogP contribution in [-0.4, -0.2) is 6.67 Å². The number of benzene rings is 1. The number of hydrogen-bond donors (Lipinski definition) is 3. The minimum Gasteiger partial charge on any atom is -0.299 e. The molecule has 4 N–H and O–H groups in total. The van der Waals surface area contributed by atoms with Crippen LogP contribution in [0.5, 0.6) is 0 Å². The first-order chi connectivity index (χ1) is 7.45. The Morgan fingerprint density at radius 2 is 1.94 bits per heavy atom. The quantitative estimate of drug-likeness (QED) is 0.314. The van der Waals surface area contributed by atoms with E-state index in [0.29, 0.717) is 6.67 Å². The first-order valence-corrected chi connectivity index (χ1v) is 5.69. The first-order valence-electron chi connectivity index (χ1n) is 5.69. The van der Waals surface area contributed by atoms with Crippen LogP contribution < -0.4 is 16.6 Å². The summed E-state index contributed by atoms with van der Waals surface area (Å²) in [5.41, 5.74) is 6.82. The minimum atomic E-state index is 0.203. The molecule has 0 atom stereocenters. The zero-order valence-corrected chi connectivity index (χ0v) is 10.7. The lowest BCUT2D eigenvalue weighted by Gasteiger charge is -2.21. The lowest BCUT2D eigenvalue weighted by Crippen LogP contribution is -2.33. The molecule has 3 nitrogen and oxygen atoms in total. The second-order valence-electron chi connectivity index (χ2n) is 5.20. The Kier molecular flexibility index (Phi) is 4.47. The maximum atomic E-state index is 5.22. The van der Waals surface area contributed by atoms with Gasteiger partial charge in [0.2, 0.25) is 0 Å². The third-order valence-electron chi connectivity index (χ3n) is 2.76. The molecule has 0 aromatic heterocycles. The van der Waals surface area contributed by atoms with Gasteiger partial charge < -0.3 is 0 Å². The van der Waals surface area contributed by atoms with E-state index >= 15 is 0 Å². The van der Waals surface area contributed by atoms with Gasteiger partial charge in [-0.2, -0.15) is 0 Å². The second kappa shape index (κ2) is 5.43. The molecule has 3 heteroatoms. The van der Waals surface area contributed by atoms with Gasteiger partial charge in [-0.1, -0.05) is 39.0 Å². The van der Waals surface area contributed by atoms with Crippen LogP contribution in [0.25, 0.3) is 0 Å². The molecule has 0 amide bonds. The van der Waals surface area contributed by atoms with E-state index in [1.54, 1.807) is 0 Å². The van der Waals surface area contributed by atoms with Crippen LogP contribution in [0, 0.1) is 6.92 Å². The maximum Gasteiger partial charge on any atom is 0.0590 e. The van der Waals surface area contributed by atoms with E-state index in [2.05, 4.69) is 56.6 Å². The molecule has 0 unspecified atom stereocenters. The molecule has 0 heterocycles. The van der Waals surface area contributed by atoms with Gasteiger partial charge in [0.1, 0.15) is 0 Å². The van der Waals surface area contributed by atoms with Gasteiger partial charge in [-0.25, -0.2) is 5.43 Å². The predicted octanol–water partition coefficient (Wildman–Crippen LogP) is 1.80. The van der Waals surface area contributed by atoms with Crippen molar-refractivity contribution in [1.29, 1.82) is 0 Å². The lowest BCUT2D eigenvalue weighted by atomic mass is 9.85. The molecule has 1 aromatic carbocycles. The summed E-state index contributed by atoms with van der Waals surface area (Å²) >= 11 is 0. The highest BCUT2D eigenvalue weighted by Crippen LogP contribution is 2.24. The van der Waals surface area contributed by atoms with Crippen molar-refractivity contribution < 1.29 is 0 Å². The van der Waals surface area contributed by atoms with Crippen molar-refractivity contribution in [1.82, 2.24) is 10.7 Å². The Hall–Kier alpha value is -0.900. The number of nitrogens with two attached hydrogens (primary N) is 1. The number of aryl methyl sites for hydroxylation is 1. The molecule has 0 aliphatic carbocycles. The van der Waals surface area contributed by atoms with Crippen molar-refractivity contribution in [2.24, 2.45) is 5.84 Å². The van der Waals surface area contributed by atoms with Crippen molar-refractivity contribution in [2.45, 2.75) is 39.7 Å². The summed E-state index contributed by atoms with van der Waals surface area (Å²) in [6.45, 7) is 10.3. The van der Waals surface area contributed by atoms with Crippen LogP contribution in [0.15, 0.2) is 18.2 Å². The highest BCUT2D eigenvalue weighted by atomic mass is 15.3. The topological polar surface area (TPSA) is 50.1 Å². The number of rotatable bonds is 4. The Labute approximate surface area is 98.4 Å². The van der Waals surface area contributed by atoms with Crippen LogP contribution in [0.2, 0.25) is 0 Å². The Morgan fingerprint density at radius 1 is 1.25 bits per heavy atom. The van der Waals surface area contributed by atoms with Crippen molar-refractivity contribution in [3.63, 3.8) is 0 Å². The summed E-state index contributed by atoms with van der Waals surface area (Å²) in [6.07, 6.45) is 0. The van der Waals surface area contributed by atoms with Gasteiger partial charge in [0, 0.05) is 6.54 Å². The normalized spacial score (nSPS) is 11.8. The van der Waals surface area contributed by atoms with Gasteiger partial charge >= 0.3 is 0 Å². The number of hydrazine groups is 1. The average molecular weight is 221 g/mol. The molecule has 0 saturated heterocycles. The van der Waals surface area contributed by atoms with Crippen LogP contribution in [0.4, 0.5) is 0 Å². The molecule has 90 valence electrons. The highest BCUT2D eigenvalue weighted by Gasteiger charge is 2.14. The van der Waals surface area contributed by atoms with Gasteiger partial charge in [0.15, 0.2) is 0 Å². The molecule has 0 saturated carbocycles. The number of nitrogens with one attached hydrogen (secondary N) is 2. The van der Waals surface area contributed by atoms with Crippen molar-refractivity contribution in [3.05, 3.63) is 34.9 Å². The van der Waals surface area contributed by atoms with Crippen molar-refractivity contribution >= 4 is 0 Å². The summed E-state index contributed by atoms with van der Waals surface area (Å²) in [6, 6.07) is 6.67. The first kappa shape index (κ1) is 13.2. The van der Waals surface area contributed by atoms with Crippen molar-refractivity contribution in [3.8, 4) is 0 Å². The Morgan fingerprint density at radius 3 is 2.50 bits per heavy atom. The fourth-order valence-electron chi connectivity index (χ4n) is 1.60. The summed E-state index contributed by atoms with van der Waals surface area (Å²) in [4.78, 5) is 0. The van der Waals surface area contributed by atoms with E-state index in [9.17, 15) is 0 Å². The zero-order valence-electron chi connectivity index (χ0n) is 10.7. The second-order valence-corrected chi connectivity index (χ2v) is 5.20. The zero-order chi connectivity index (χ0) is 12.2. The molecule has 0 fully saturated rings. The predicted molar refractivity (Wildman–Crippen MR) is 68.9 cm³/mol. The van der Waals surface area contributed by atoms with Gasteiger partial charge in [0.25, 0.3) is 0 Å². The lowest BCUT2D eigenvalue weighted by molar-refractivity contribution is 0.581. The van der Waals surface area contributed by atoms with Crippen LogP contribution in [0.3, 0.4) is 0 Å². The van der Waals surface area contributed by atoms with Gasteiger partial charge in [-0.15, -0.1) is 0 Å². The molecular weight excluding hydrogens is 198 g/mol. The average Bonchev–Trinajstić information content (AvgIpc) is 2.19.